The summed E-state index contributed by atoms with van der Waals surface area (Å²) < 4.78 is 80.1. The van der Waals surface area contributed by atoms with Gasteiger partial charge >= 0.3 is 12.4 Å². The second-order valence-electron chi connectivity index (χ2n) is 7.40. The van der Waals surface area contributed by atoms with E-state index >= 15 is 0 Å². The van der Waals surface area contributed by atoms with Gasteiger partial charge in [-0.25, -0.2) is 0 Å². The van der Waals surface area contributed by atoms with E-state index in [1.54, 1.807) is 18.2 Å². The summed E-state index contributed by atoms with van der Waals surface area (Å²) >= 11 is 5.69. The van der Waals surface area contributed by atoms with Crippen LogP contribution in [0, 0.1) is 6.92 Å². The summed E-state index contributed by atoms with van der Waals surface area (Å²) in [7, 11) is 0. The van der Waals surface area contributed by atoms with Crippen molar-refractivity contribution < 1.29 is 36.2 Å². The number of nitrogens with zero attached hydrogens (tertiary/aromatic N) is 3. The zero-order chi connectivity index (χ0) is 23.2. The molecule has 2 aromatic rings. The third-order valence-electron chi connectivity index (χ3n) is 5.39. The summed E-state index contributed by atoms with van der Waals surface area (Å²) in [6, 6.07) is 6.71. The Morgan fingerprint density at radius 1 is 1.23 bits per heavy atom. The molecule has 1 fully saturated rings. The quantitative estimate of drug-likeness (QED) is 0.672. The van der Waals surface area contributed by atoms with Crippen molar-refractivity contribution in [3.63, 3.8) is 0 Å². The number of rotatable bonds is 3. The first-order valence-corrected chi connectivity index (χ1v) is 9.56. The van der Waals surface area contributed by atoms with E-state index in [-0.39, 0.29) is 5.69 Å². The Labute approximate surface area is 178 Å². The minimum Gasteiger partial charge on any atom is -0.380 e. The van der Waals surface area contributed by atoms with E-state index in [1.807, 2.05) is 0 Å². The molecular formula is C19H18ClF6N3O2. The number of amides is 1. The third-order valence-corrected chi connectivity index (χ3v) is 5.85. The number of likely N-dealkylation sites (tertiary alicyclic amines) is 1. The molecule has 1 aliphatic heterocycles. The van der Waals surface area contributed by atoms with Crippen LogP contribution in [0.1, 0.15) is 35.8 Å². The Kier molecular flexibility index (Phi) is 6.05. The maximum absolute atomic E-state index is 13.4. The van der Waals surface area contributed by atoms with Crippen molar-refractivity contribution in [3.05, 3.63) is 52.3 Å². The summed E-state index contributed by atoms with van der Waals surface area (Å²) in [5, 5.41) is 12.9. The van der Waals surface area contributed by atoms with Crippen LogP contribution < -0.4 is 0 Å². The van der Waals surface area contributed by atoms with E-state index in [2.05, 4.69) is 5.10 Å². The van der Waals surface area contributed by atoms with E-state index in [1.165, 1.54) is 19.1 Å². The van der Waals surface area contributed by atoms with Gasteiger partial charge in [-0.3, -0.25) is 9.48 Å². The SMILES string of the molecule is Cc1c(Cl)c(C(F)(F)F)nn1CC(=O)N1CCC(O)(C(F)(F)F)CC1c1ccccc1. The highest BCUT2D eigenvalue weighted by Crippen LogP contribution is 2.45. The van der Waals surface area contributed by atoms with E-state index < -0.39 is 66.6 Å². The molecule has 5 nitrogen and oxygen atoms in total. The minimum atomic E-state index is -4.90. The van der Waals surface area contributed by atoms with E-state index in [0.717, 1.165) is 9.58 Å². The molecule has 1 aliphatic rings. The third kappa shape index (κ3) is 4.52. The van der Waals surface area contributed by atoms with Gasteiger partial charge in [-0.15, -0.1) is 0 Å². The highest BCUT2D eigenvalue weighted by atomic mass is 35.5. The molecule has 1 N–H and O–H groups in total. The smallest absolute Gasteiger partial charge is 0.380 e. The Balaban J connectivity index is 1.91. The second kappa shape index (κ2) is 8.01. The van der Waals surface area contributed by atoms with Gasteiger partial charge in [0.15, 0.2) is 11.3 Å². The first kappa shape index (κ1) is 23.4. The number of alkyl halides is 6. The highest BCUT2D eigenvalue weighted by molar-refractivity contribution is 6.32. The van der Waals surface area contributed by atoms with Gasteiger partial charge in [0.2, 0.25) is 5.91 Å². The molecule has 2 heterocycles. The lowest BCUT2D eigenvalue weighted by molar-refractivity contribution is -0.277. The zero-order valence-electron chi connectivity index (χ0n) is 16.1. The first-order valence-electron chi connectivity index (χ1n) is 9.18. The van der Waals surface area contributed by atoms with Gasteiger partial charge in [-0.1, -0.05) is 41.9 Å². The summed E-state index contributed by atoms with van der Waals surface area (Å²) in [6.45, 7) is 0.176. The summed E-state index contributed by atoms with van der Waals surface area (Å²) in [5.74, 6) is -0.742. The average Bonchev–Trinajstić information content (AvgIpc) is 2.96. The van der Waals surface area contributed by atoms with Crippen LogP contribution in [-0.2, 0) is 17.5 Å². The van der Waals surface area contributed by atoms with Crippen LogP contribution in [0.2, 0.25) is 5.02 Å². The highest BCUT2D eigenvalue weighted by Gasteiger charge is 2.57. The fourth-order valence-electron chi connectivity index (χ4n) is 3.60. The van der Waals surface area contributed by atoms with Crippen molar-refractivity contribution in [3.8, 4) is 0 Å². The summed E-state index contributed by atoms with van der Waals surface area (Å²) in [5.41, 5.74) is -4.06. The van der Waals surface area contributed by atoms with Crippen LogP contribution in [0.5, 0.6) is 0 Å². The van der Waals surface area contributed by atoms with Gasteiger partial charge in [0.25, 0.3) is 0 Å². The standard InChI is InChI=1S/C19H18ClF6N3O2/c1-11-15(20)16(18(21,22)23)27-29(11)10-14(30)28-8-7-17(31,19(24,25)26)9-13(28)12-5-3-2-4-6-12/h2-6,13,31H,7-10H2,1H3. The summed E-state index contributed by atoms with van der Waals surface area (Å²) in [4.78, 5) is 14.0. The molecule has 1 saturated heterocycles. The van der Waals surface area contributed by atoms with Gasteiger partial charge in [0.1, 0.15) is 6.54 Å². The van der Waals surface area contributed by atoms with Crippen LogP contribution >= 0.6 is 11.6 Å². The lowest BCUT2D eigenvalue weighted by atomic mass is 9.83. The van der Waals surface area contributed by atoms with E-state index in [9.17, 15) is 36.2 Å². The Hall–Kier alpha value is -2.27. The zero-order valence-corrected chi connectivity index (χ0v) is 16.9. The van der Waals surface area contributed by atoms with Gasteiger partial charge in [0, 0.05) is 19.4 Å². The number of hydrogen-bond donors (Lipinski definition) is 1. The maximum atomic E-state index is 13.4. The molecule has 3 rings (SSSR count). The molecule has 1 aromatic carbocycles. The Morgan fingerprint density at radius 2 is 1.84 bits per heavy atom. The lowest BCUT2D eigenvalue weighted by Gasteiger charge is -2.44. The molecule has 0 saturated carbocycles. The molecule has 170 valence electrons. The number of piperidine rings is 1. The normalized spacial score (nSPS) is 22.6. The van der Waals surface area contributed by atoms with Crippen molar-refractivity contribution in [1.82, 2.24) is 14.7 Å². The maximum Gasteiger partial charge on any atom is 0.436 e. The number of hydrogen-bond acceptors (Lipinski definition) is 3. The number of aliphatic hydroxyl groups is 1. The van der Waals surface area contributed by atoms with Crippen LogP contribution in [-0.4, -0.2) is 44.0 Å². The number of aromatic nitrogens is 2. The van der Waals surface area contributed by atoms with Crippen LogP contribution in [0.3, 0.4) is 0 Å². The molecule has 2 atom stereocenters. The molecule has 31 heavy (non-hydrogen) atoms. The van der Waals surface area contributed by atoms with Crippen molar-refractivity contribution in [2.75, 3.05) is 6.54 Å². The van der Waals surface area contributed by atoms with Crippen molar-refractivity contribution in [2.24, 2.45) is 0 Å². The van der Waals surface area contributed by atoms with Crippen LogP contribution in [0.15, 0.2) is 30.3 Å². The molecule has 2 unspecified atom stereocenters. The molecule has 0 radical (unpaired) electrons. The fraction of sp³-hybridized carbons (Fsp3) is 0.474. The van der Waals surface area contributed by atoms with Crippen molar-refractivity contribution >= 4 is 17.5 Å². The molecular weight excluding hydrogens is 452 g/mol. The van der Waals surface area contributed by atoms with Crippen LogP contribution in [0.4, 0.5) is 26.3 Å². The topological polar surface area (TPSA) is 58.4 Å². The van der Waals surface area contributed by atoms with Crippen molar-refractivity contribution in [1.29, 1.82) is 0 Å². The Morgan fingerprint density at radius 3 is 2.35 bits per heavy atom. The van der Waals surface area contributed by atoms with E-state index in [0.29, 0.717) is 5.56 Å². The molecule has 0 bridgehead atoms. The predicted octanol–water partition coefficient (Wildman–Crippen LogP) is 4.52. The average molecular weight is 470 g/mol. The Bertz CT molecular complexity index is 960. The second-order valence-corrected chi connectivity index (χ2v) is 7.78. The molecule has 1 aromatic heterocycles. The van der Waals surface area contributed by atoms with Crippen molar-refractivity contribution in [2.45, 2.75) is 50.3 Å². The number of halogens is 7. The monoisotopic (exact) mass is 469 g/mol. The van der Waals surface area contributed by atoms with Gasteiger partial charge < -0.3 is 10.0 Å². The lowest BCUT2D eigenvalue weighted by Crippen LogP contribution is -2.55. The number of carbonyl (C=O) groups excluding carboxylic acids is 1. The van der Waals surface area contributed by atoms with Gasteiger partial charge in [-0.2, -0.15) is 31.4 Å². The van der Waals surface area contributed by atoms with E-state index in [4.69, 9.17) is 11.6 Å². The molecule has 1 amide bonds. The van der Waals surface area contributed by atoms with Gasteiger partial charge in [0.05, 0.1) is 16.8 Å². The number of benzene rings is 1. The molecule has 0 spiro atoms. The molecule has 0 aliphatic carbocycles. The predicted molar refractivity (Wildman–Crippen MR) is 98.1 cm³/mol. The number of carbonyl (C=O) groups is 1. The first-order chi connectivity index (χ1) is 14.2. The fourth-order valence-corrected chi connectivity index (χ4v) is 3.84. The van der Waals surface area contributed by atoms with Gasteiger partial charge in [-0.05, 0) is 12.5 Å². The van der Waals surface area contributed by atoms with Crippen LogP contribution in [0.25, 0.3) is 0 Å². The largest absolute Gasteiger partial charge is 0.436 e. The summed E-state index contributed by atoms with van der Waals surface area (Å²) in [6.07, 6.45) is -11.3. The molecule has 12 heteroatoms. The minimum absolute atomic E-state index is 0.0950.